The SMILES string of the molecule is CC(C)(C)CCC1(CC(C)(C)C)CC1. The molecule has 0 saturated heterocycles. The Bertz CT molecular complexity index is 183. The highest BCUT2D eigenvalue weighted by molar-refractivity contribution is 4.96. The van der Waals surface area contributed by atoms with Crippen LogP contribution in [-0.2, 0) is 0 Å². The van der Waals surface area contributed by atoms with Crippen molar-refractivity contribution in [3.63, 3.8) is 0 Å². The predicted molar refractivity (Wildman–Crippen MR) is 64.4 cm³/mol. The molecule has 1 aliphatic carbocycles. The molecule has 1 saturated carbocycles. The first kappa shape index (κ1) is 12.1. The molecule has 0 heteroatoms. The molecule has 1 aliphatic rings. The van der Waals surface area contributed by atoms with Gasteiger partial charge < -0.3 is 0 Å². The molecule has 14 heavy (non-hydrogen) atoms. The van der Waals surface area contributed by atoms with Gasteiger partial charge >= 0.3 is 0 Å². The van der Waals surface area contributed by atoms with Crippen LogP contribution < -0.4 is 0 Å². The maximum atomic E-state index is 2.38. The Balaban J connectivity index is 2.37. The van der Waals surface area contributed by atoms with Crippen LogP contribution in [0.1, 0.15) is 73.6 Å². The molecule has 0 bridgehead atoms. The highest BCUT2D eigenvalue weighted by Gasteiger charge is 2.44. The molecule has 0 aromatic carbocycles. The van der Waals surface area contributed by atoms with E-state index in [0.717, 1.165) is 5.41 Å². The summed E-state index contributed by atoms with van der Waals surface area (Å²) in [4.78, 5) is 0. The second kappa shape index (κ2) is 3.54. The Hall–Kier alpha value is 0. The molecular formula is C14H28. The third-order valence-corrected chi connectivity index (χ3v) is 3.27. The van der Waals surface area contributed by atoms with E-state index in [1.807, 2.05) is 0 Å². The molecule has 0 aromatic heterocycles. The first-order valence-corrected chi connectivity index (χ1v) is 6.12. The van der Waals surface area contributed by atoms with Crippen molar-refractivity contribution in [2.24, 2.45) is 16.2 Å². The van der Waals surface area contributed by atoms with Gasteiger partial charge in [0.05, 0.1) is 0 Å². The molecule has 0 N–H and O–H groups in total. The Kier molecular flexibility index (Phi) is 3.05. The molecule has 1 fully saturated rings. The highest BCUT2D eigenvalue weighted by Crippen LogP contribution is 2.57. The number of hydrogen-bond acceptors (Lipinski definition) is 0. The quantitative estimate of drug-likeness (QED) is 0.594. The zero-order chi connectivity index (χ0) is 11.0. The lowest BCUT2D eigenvalue weighted by atomic mass is 9.77. The van der Waals surface area contributed by atoms with Gasteiger partial charge in [0, 0.05) is 0 Å². The molecule has 0 atom stereocenters. The van der Waals surface area contributed by atoms with E-state index in [4.69, 9.17) is 0 Å². The molecule has 0 heterocycles. The topological polar surface area (TPSA) is 0 Å². The van der Waals surface area contributed by atoms with Crippen LogP contribution in [0.3, 0.4) is 0 Å². The van der Waals surface area contributed by atoms with Gasteiger partial charge in [0.1, 0.15) is 0 Å². The summed E-state index contributed by atoms with van der Waals surface area (Å²) in [6.07, 6.45) is 7.24. The zero-order valence-corrected chi connectivity index (χ0v) is 11.0. The van der Waals surface area contributed by atoms with E-state index in [-0.39, 0.29) is 0 Å². The lowest BCUT2D eigenvalue weighted by molar-refractivity contribution is 0.231. The first-order chi connectivity index (χ1) is 6.12. The summed E-state index contributed by atoms with van der Waals surface area (Å²) in [5.41, 5.74) is 1.79. The van der Waals surface area contributed by atoms with Crippen molar-refractivity contribution < 1.29 is 0 Å². The van der Waals surface area contributed by atoms with Gasteiger partial charge in [-0.05, 0) is 48.3 Å². The standard InChI is InChI=1S/C14H28/c1-12(2,3)7-8-14(9-10-14)11-13(4,5)6/h7-11H2,1-6H3. The van der Waals surface area contributed by atoms with Crippen molar-refractivity contribution in [1.29, 1.82) is 0 Å². The van der Waals surface area contributed by atoms with E-state index in [0.29, 0.717) is 10.8 Å². The fourth-order valence-electron chi connectivity index (χ4n) is 2.46. The van der Waals surface area contributed by atoms with E-state index in [1.165, 1.54) is 32.1 Å². The minimum Gasteiger partial charge on any atom is -0.0602 e. The fourth-order valence-corrected chi connectivity index (χ4v) is 2.46. The summed E-state index contributed by atoms with van der Waals surface area (Å²) in [7, 11) is 0. The maximum Gasteiger partial charge on any atom is -0.0292 e. The Morgan fingerprint density at radius 3 is 1.64 bits per heavy atom. The van der Waals surface area contributed by atoms with Crippen molar-refractivity contribution in [3.8, 4) is 0 Å². The van der Waals surface area contributed by atoms with Gasteiger partial charge in [-0.1, -0.05) is 41.5 Å². The summed E-state index contributed by atoms with van der Waals surface area (Å²) >= 11 is 0. The largest absolute Gasteiger partial charge is 0.0602 e. The normalized spacial score (nSPS) is 21.0. The molecule has 0 aliphatic heterocycles. The summed E-state index contributed by atoms with van der Waals surface area (Å²) in [5, 5.41) is 0. The monoisotopic (exact) mass is 196 g/mol. The molecule has 84 valence electrons. The van der Waals surface area contributed by atoms with E-state index in [2.05, 4.69) is 41.5 Å². The van der Waals surface area contributed by atoms with Crippen molar-refractivity contribution in [2.45, 2.75) is 73.6 Å². The van der Waals surface area contributed by atoms with Gasteiger partial charge in [-0.15, -0.1) is 0 Å². The summed E-state index contributed by atoms with van der Waals surface area (Å²) in [6, 6.07) is 0. The Labute approximate surface area is 90.5 Å². The minimum absolute atomic E-state index is 0.521. The van der Waals surface area contributed by atoms with Crippen LogP contribution in [0.25, 0.3) is 0 Å². The lowest BCUT2D eigenvalue weighted by Crippen LogP contribution is -2.16. The first-order valence-electron chi connectivity index (χ1n) is 6.12. The smallest absolute Gasteiger partial charge is 0.0292 e. The Morgan fingerprint density at radius 2 is 1.36 bits per heavy atom. The van der Waals surface area contributed by atoms with Crippen molar-refractivity contribution in [3.05, 3.63) is 0 Å². The van der Waals surface area contributed by atoms with Crippen LogP contribution in [0.15, 0.2) is 0 Å². The predicted octanol–water partition coefficient (Wildman–Crippen LogP) is 5.03. The minimum atomic E-state index is 0.521. The third-order valence-electron chi connectivity index (χ3n) is 3.27. The zero-order valence-electron chi connectivity index (χ0n) is 11.0. The molecule has 0 radical (unpaired) electrons. The molecule has 0 spiro atoms. The Morgan fingerprint density at radius 1 is 0.857 bits per heavy atom. The lowest BCUT2D eigenvalue weighted by Gasteiger charge is -2.28. The average molecular weight is 196 g/mol. The second-order valence-corrected chi connectivity index (χ2v) is 7.80. The molecule has 0 amide bonds. The number of hydrogen-bond donors (Lipinski definition) is 0. The van der Waals surface area contributed by atoms with E-state index >= 15 is 0 Å². The van der Waals surface area contributed by atoms with Gasteiger partial charge in [-0.25, -0.2) is 0 Å². The van der Waals surface area contributed by atoms with Gasteiger partial charge in [-0.3, -0.25) is 0 Å². The van der Waals surface area contributed by atoms with Crippen LogP contribution in [-0.4, -0.2) is 0 Å². The fraction of sp³-hybridized carbons (Fsp3) is 1.00. The third kappa shape index (κ3) is 4.48. The van der Waals surface area contributed by atoms with Gasteiger partial charge in [0.15, 0.2) is 0 Å². The molecule has 1 rings (SSSR count). The summed E-state index contributed by atoms with van der Waals surface area (Å²) in [6.45, 7) is 14.2. The summed E-state index contributed by atoms with van der Waals surface area (Å²) in [5.74, 6) is 0. The average Bonchev–Trinajstić information content (AvgIpc) is 2.60. The van der Waals surface area contributed by atoms with E-state index in [9.17, 15) is 0 Å². The molecule has 0 aromatic rings. The molecule has 0 nitrogen and oxygen atoms in total. The van der Waals surface area contributed by atoms with Crippen LogP contribution in [0, 0.1) is 16.2 Å². The maximum absolute atomic E-state index is 2.38. The van der Waals surface area contributed by atoms with Crippen LogP contribution in [0.2, 0.25) is 0 Å². The number of rotatable bonds is 3. The van der Waals surface area contributed by atoms with Gasteiger partial charge in [0.25, 0.3) is 0 Å². The van der Waals surface area contributed by atoms with Crippen LogP contribution >= 0.6 is 0 Å². The van der Waals surface area contributed by atoms with Crippen LogP contribution in [0.5, 0.6) is 0 Å². The second-order valence-electron chi connectivity index (χ2n) is 7.80. The van der Waals surface area contributed by atoms with E-state index in [1.54, 1.807) is 0 Å². The van der Waals surface area contributed by atoms with Crippen molar-refractivity contribution in [2.75, 3.05) is 0 Å². The van der Waals surface area contributed by atoms with E-state index < -0.39 is 0 Å². The highest BCUT2D eigenvalue weighted by atomic mass is 14.5. The molecule has 0 unspecified atom stereocenters. The van der Waals surface area contributed by atoms with Crippen LogP contribution in [0.4, 0.5) is 0 Å². The van der Waals surface area contributed by atoms with Gasteiger partial charge in [-0.2, -0.15) is 0 Å². The van der Waals surface area contributed by atoms with Crippen molar-refractivity contribution >= 4 is 0 Å². The van der Waals surface area contributed by atoms with Crippen molar-refractivity contribution in [1.82, 2.24) is 0 Å². The van der Waals surface area contributed by atoms with Gasteiger partial charge in [0.2, 0.25) is 0 Å². The summed E-state index contributed by atoms with van der Waals surface area (Å²) < 4.78 is 0. The molecular weight excluding hydrogens is 168 g/mol.